The molecule has 0 bridgehead atoms. The van der Waals surface area contributed by atoms with Crippen molar-refractivity contribution in [1.29, 1.82) is 0 Å². The highest BCUT2D eigenvalue weighted by atomic mass is 79.9. The molecule has 0 fully saturated rings. The van der Waals surface area contributed by atoms with Crippen LogP contribution in [0.2, 0.25) is 0 Å². The van der Waals surface area contributed by atoms with Crippen molar-refractivity contribution in [3.05, 3.63) is 112 Å². The minimum atomic E-state index is -0.154. The normalized spacial score (nSPS) is 14.7. The minimum Gasteiger partial charge on any atom is -0.488 e. The number of benzene rings is 4. The fourth-order valence-electron chi connectivity index (χ4n) is 3.84. The number of carbonyl (C=O) groups is 1. The minimum absolute atomic E-state index is 0.154. The maximum absolute atomic E-state index is 13.1. The molecule has 0 atom stereocenters. The summed E-state index contributed by atoms with van der Waals surface area (Å²) in [6, 6.07) is 29.8. The topological polar surface area (TPSA) is 41.9 Å². The lowest BCUT2D eigenvalue weighted by atomic mass is 10.1. The fourth-order valence-corrected chi connectivity index (χ4v) is 4.22. The van der Waals surface area contributed by atoms with Crippen molar-refractivity contribution >= 4 is 50.1 Å². The van der Waals surface area contributed by atoms with Gasteiger partial charge in [-0.3, -0.25) is 4.79 Å². The third kappa shape index (κ3) is 4.45. The summed E-state index contributed by atoms with van der Waals surface area (Å²) in [4.78, 5) is 13.1. The molecule has 4 aromatic rings. The molecule has 0 N–H and O–H groups in total. The lowest BCUT2D eigenvalue weighted by Gasteiger charge is -2.12. The van der Waals surface area contributed by atoms with E-state index in [2.05, 4.69) is 51.4 Å². The molecule has 1 heterocycles. The number of carbonyl (C=O) groups excluding carboxylic acids is 1. The zero-order valence-electron chi connectivity index (χ0n) is 18.0. The number of halogens is 1. The molecule has 0 unspecified atom stereocenters. The quantitative estimate of drug-likeness (QED) is 0.279. The third-order valence-corrected chi connectivity index (χ3v) is 6.04. The highest BCUT2D eigenvalue weighted by Gasteiger charge is 2.28. The lowest BCUT2D eigenvalue weighted by molar-refractivity contribution is -0.114. The monoisotopic (exact) mass is 496 g/mol. The Morgan fingerprint density at radius 2 is 1.67 bits per heavy atom. The predicted octanol–water partition coefficient (Wildman–Crippen LogP) is 6.99. The summed E-state index contributed by atoms with van der Waals surface area (Å²) in [5.74, 6) is 0.553. The second kappa shape index (κ2) is 9.04. The zero-order chi connectivity index (χ0) is 22.8. The van der Waals surface area contributed by atoms with Crippen molar-refractivity contribution in [1.82, 2.24) is 0 Å². The number of rotatable bonds is 5. The highest BCUT2D eigenvalue weighted by Crippen LogP contribution is 2.30. The van der Waals surface area contributed by atoms with Crippen LogP contribution in [0.15, 0.2) is 106 Å². The van der Waals surface area contributed by atoms with Crippen LogP contribution in [-0.2, 0) is 11.4 Å². The molecular formula is C28H21BrN2O2. The van der Waals surface area contributed by atoms with E-state index in [-0.39, 0.29) is 5.91 Å². The summed E-state index contributed by atoms with van der Waals surface area (Å²) in [5.41, 5.74) is 3.86. The molecule has 33 heavy (non-hydrogen) atoms. The fraction of sp³-hybridized carbons (Fsp3) is 0.0714. The van der Waals surface area contributed by atoms with E-state index in [1.54, 1.807) is 0 Å². The van der Waals surface area contributed by atoms with Gasteiger partial charge in [0.25, 0.3) is 5.91 Å². The number of nitrogens with zero attached hydrogens (tertiary/aromatic N) is 2. The van der Waals surface area contributed by atoms with Crippen LogP contribution in [0.3, 0.4) is 0 Å². The lowest BCUT2D eigenvalue weighted by Crippen LogP contribution is -2.21. The molecule has 0 aliphatic carbocycles. The highest BCUT2D eigenvalue weighted by molar-refractivity contribution is 9.10. The van der Waals surface area contributed by atoms with Crippen molar-refractivity contribution in [2.24, 2.45) is 5.10 Å². The number of hydrogen-bond acceptors (Lipinski definition) is 3. The molecule has 0 radical (unpaired) electrons. The van der Waals surface area contributed by atoms with Gasteiger partial charge in [-0.2, -0.15) is 10.1 Å². The van der Waals surface area contributed by atoms with Crippen molar-refractivity contribution in [3.8, 4) is 5.75 Å². The molecule has 1 aliphatic heterocycles. The van der Waals surface area contributed by atoms with Crippen LogP contribution < -0.4 is 9.75 Å². The molecule has 4 nitrogen and oxygen atoms in total. The Morgan fingerprint density at radius 3 is 2.48 bits per heavy atom. The number of ether oxygens (including phenoxy) is 1. The molecule has 1 amide bonds. The van der Waals surface area contributed by atoms with Gasteiger partial charge in [-0.15, -0.1) is 0 Å². The van der Waals surface area contributed by atoms with E-state index >= 15 is 0 Å². The first-order valence-corrected chi connectivity index (χ1v) is 11.4. The predicted molar refractivity (Wildman–Crippen MR) is 137 cm³/mol. The molecule has 5 heteroatoms. The SMILES string of the molecule is CC1=NN(c2ccccc2)C(=O)/C1=C/c1cc(Br)ccc1OCc1ccc2ccccc2c1. The third-order valence-electron chi connectivity index (χ3n) is 5.54. The first-order valence-electron chi connectivity index (χ1n) is 10.7. The Balaban J connectivity index is 1.42. The summed E-state index contributed by atoms with van der Waals surface area (Å²) in [7, 11) is 0. The van der Waals surface area contributed by atoms with Crippen LogP contribution in [-0.4, -0.2) is 11.6 Å². The molecule has 0 spiro atoms. The summed E-state index contributed by atoms with van der Waals surface area (Å²) in [6.45, 7) is 2.28. The molecule has 0 saturated carbocycles. The zero-order valence-corrected chi connectivity index (χ0v) is 19.6. The Morgan fingerprint density at radius 1 is 0.909 bits per heavy atom. The smallest absolute Gasteiger partial charge is 0.280 e. The largest absolute Gasteiger partial charge is 0.488 e. The molecule has 0 saturated heterocycles. The molecule has 5 rings (SSSR count). The molecule has 0 aromatic heterocycles. The van der Waals surface area contributed by atoms with Gasteiger partial charge in [0, 0.05) is 10.0 Å². The van der Waals surface area contributed by atoms with Gasteiger partial charge in [0.2, 0.25) is 0 Å². The molecule has 4 aromatic carbocycles. The standard InChI is InChI=1S/C28H21BrN2O2/c1-19-26(28(32)31(30-19)25-9-3-2-4-10-25)17-23-16-24(29)13-14-27(23)33-18-20-11-12-21-7-5-6-8-22(21)15-20/h2-17H,18H2,1H3/b26-17+. The van der Waals surface area contributed by atoms with Gasteiger partial charge in [-0.25, -0.2) is 0 Å². The Hall–Kier alpha value is -3.70. The van der Waals surface area contributed by atoms with Gasteiger partial charge in [-0.1, -0.05) is 70.5 Å². The Labute approximate surface area is 200 Å². The van der Waals surface area contributed by atoms with Crippen molar-refractivity contribution in [2.75, 3.05) is 5.01 Å². The maximum Gasteiger partial charge on any atom is 0.280 e. The van der Waals surface area contributed by atoms with E-state index in [9.17, 15) is 4.79 Å². The molecular weight excluding hydrogens is 476 g/mol. The summed E-state index contributed by atoms with van der Waals surface area (Å²) in [6.07, 6.45) is 1.85. The van der Waals surface area contributed by atoms with E-state index in [0.29, 0.717) is 23.6 Å². The number of fused-ring (bicyclic) bond motifs is 1. The van der Waals surface area contributed by atoms with E-state index in [1.165, 1.54) is 15.8 Å². The number of anilines is 1. The van der Waals surface area contributed by atoms with Crippen LogP contribution in [0.25, 0.3) is 16.8 Å². The number of hydrogen-bond donors (Lipinski definition) is 0. The van der Waals surface area contributed by atoms with Gasteiger partial charge in [0.15, 0.2) is 0 Å². The van der Waals surface area contributed by atoms with Crippen LogP contribution in [0.4, 0.5) is 5.69 Å². The van der Waals surface area contributed by atoms with Crippen LogP contribution in [0, 0.1) is 0 Å². The van der Waals surface area contributed by atoms with Gasteiger partial charge in [0.05, 0.1) is 17.0 Å². The van der Waals surface area contributed by atoms with Crippen LogP contribution in [0.5, 0.6) is 5.75 Å². The number of para-hydroxylation sites is 1. The van der Waals surface area contributed by atoms with E-state index in [0.717, 1.165) is 21.3 Å². The van der Waals surface area contributed by atoms with Gasteiger partial charge < -0.3 is 4.74 Å². The van der Waals surface area contributed by atoms with Crippen molar-refractivity contribution in [2.45, 2.75) is 13.5 Å². The molecule has 162 valence electrons. The Bertz CT molecular complexity index is 1410. The maximum atomic E-state index is 13.1. The summed E-state index contributed by atoms with van der Waals surface area (Å²) < 4.78 is 7.10. The number of amides is 1. The van der Waals surface area contributed by atoms with Crippen LogP contribution in [0.1, 0.15) is 18.1 Å². The molecule has 1 aliphatic rings. The summed E-state index contributed by atoms with van der Waals surface area (Å²) >= 11 is 3.54. The first-order chi connectivity index (χ1) is 16.1. The van der Waals surface area contributed by atoms with Gasteiger partial charge in [0.1, 0.15) is 12.4 Å². The van der Waals surface area contributed by atoms with Gasteiger partial charge in [-0.05, 0) is 65.7 Å². The summed E-state index contributed by atoms with van der Waals surface area (Å²) in [5, 5.41) is 8.29. The number of hydrazone groups is 1. The first kappa shape index (κ1) is 21.2. The average Bonchev–Trinajstić information content (AvgIpc) is 3.12. The van der Waals surface area contributed by atoms with E-state index in [4.69, 9.17) is 4.74 Å². The second-order valence-electron chi connectivity index (χ2n) is 7.85. The van der Waals surface area contributed by atoms with Crippen LogP contribution >= 0.6 is 15.9 Å². The van der Waals surface area contributed by atoms with Crippen molar-refractivity contribution in [3.63, 3.8) is 0 Å². The average molecular weight is 497 g/mol. The van der Waals surface area contributed by atoms with E-state index < -0.39 is 0 Å². The second-order valence-corrected chi connectivity index (χ2v) is 8.76. The van der Waals surface area contributed by atoms with E-state index in [1.807, 2.05) is 73.7 Å². The van der Waals surface area contributed by atoms with Gasteiger partial charge >= 0.3 is 0 Å². The Kier molecular flexibility index (Phi) is 5.80. The van der Waals surface area contributed by atoms with Crippen molar-refractivity contribution < 1.29 is 9.53 Å².